The van der Waals surface area contributed by atoms with Gasteiger partial charge in [0.25, 0.3) is 0 Å². The number of benzene rings is 1. The highest BCUT2D eigenvalue weighted by molar-refractivity contribution is 5.88. The lowest BCUT2D eigenvalue weighted by Crippen LogP contribution is -2.01. The number of rotatable bonds is 2. The fraction of sp³-hybridized carbons (Fsp3) is 0.200. The van der Waals surface area contributed by atoms with Crippen LogP contribution in [0.3, 0.4) is 0 Å². The third-order valence-electron chi connectivity index (χ3n) is 3.61. The van der Waals surface area contributed by atoms with Crippen molar-refractivity contribution in [1.29, 1.82) is 0 Å². The number of aromatic nitrogens is 1. The molecule has 2 aromatic rings. The van der Waals surface area contributed by atoms with E-state index in [2.05, 4.69) is 4.98 Å². The van der Waals surface area contributed by atoms with Gasteiger partial charge >= 0.3 is 5.97 Å². The number of aromatic hydroxyl groups is 1. The van der Waals surface area contributed by atoms with Crippen LogP contribution in [-0.4, -0.2) is 21.2 Å². The molecular formula is C15H13NO3. The maximum Gasteiger partial charge on any atom is 0.335 e. The van der Waals surface area contributed by atoms with Crippen molar-refractivity contribution in [3.8, 4) is 5.75 Å². The summed E-state index contributed by atoms with van der Waals surface area (Å²) in [5.41, 5.74) is 3.04. The van der Waals surface area contributed by atoms with Gasteiger partial charge in [-0.05, 0) is 36.6 Å². The Morgan fingerprint density at radius 3 is 2.89 bits per heavy atom. The highest BCUT2D eigenvalue weighted by atomic mass is 16.4. The van der Waals surface area contributed by atoms with Crippen LogP contribution in [0.1, 0.15) is 39.5 Å². The van der Waals surface area contributed by atoms with Crippen LogP contribution in [0.15, 0.2) is 36.5 Å². The number of carboxylic acids is 1. The number of fused-ring (bicyclic) bond motifs is 1. The molecule has 0 radical (unpaired) electrons. The summed E-state index contributed by atoms with van der Waals surface area (Å²) in [5.74, 6) is -0.950. The molecule has 2 N–H and O–H groups in total. The van der Waals surface area contributed by atoms with Gasteiger partial charge in [0.15, 0.2) is 0 Å². The summed E-state index contributed by atoms with van der Waals surface area (Å²) in [5, 5.41) is 18.9. The lowest BCUT2D eigenvalue weighted by atomic mass is 9.94. The van der Waals surface area contributed by atoms with E-state index in [0.717, 1.165) is 24.1 Å². The van der Waals surface area contributed by atoms with E-state index in [-0.39, 0.29) is 17.2 Å². The van der Waals surface area contributed by atoms with Gasteiger partial charge in [0.05, 0.1) is 11.3 Å². The largest absolute Gasteiger partial charge is 0.508 e. The normalized spacial score (nSPS) is 17.2. The smallest absolute Gasteiger partial charge is 0.335 e. The molecular weight excluding hydrogens is 242 g/mol. The number of pyridine rings is 1. The van der Waals surface area contributed by atoms with Gasteiger partial charge in [-0.2, -0.15) is 0 Å². The standard InChI is InChI=1S/C15H13NO3/c17-13-8-10(15(18)19)4-5-11(13)12-6-3-9-2-1-7-16-14(9)12/h1-2,4-5,7-8,12,17H,3,6H2,(H,18,19). The minimum atomic E-state index is -1.04. The fourth-order valence-electron chi connectivity index (χ4n) is 2.69. The van der Waals surface area contributed by atoms with E-state index in [1.807, 2.05) is 12.1 Å². The Morgan fingerprint density at radius 1 is 1.32 bits per heavy atom. The SMILES string of the molecule is O=C(O)c1ccc(C2CCc3cccnc32)c(O)c1. The molecule has 4 heteroatoms. The summed E-state index contributed by atoms with van der Waals surface area (Å²) < 4.78 is 0. The molecule has 1 aliphatic carbocycles. The molecule has 0 saturated carbocycles. The lowest BCUT2D eigenvalue weighted by Gasteiger charge is -2.13. The molecule has 0 fully saturated rings. The van der Waals surface area contributed by atoms with Crippen LogP contribution >= 0.6 is 0 Å². The summed E-state index contributed by atoms with van der Waals surface area (Å²) in [4.78, 5) is 15.2. The van der Waals surface area contributed by atoms with Crippen LogP contribution in [-0.2, 0) is 6.42 Å². The Bertz CT molecular complexity index is 652. The molecule has 1 aliphatic rings. The predicted octanol–water partition coefficient (Wildman–Crippen LogP) is 2.56. The van der Waals surface area contributed by atoms with Crippen LogP contribution in [0.25, 0.3) is 0 Å². The molecule has 1 unspecified atom stereocenters. The van der Waals surface area contributed by atoms with E-state index >= 15 is 0 Å². The van der Waals surface area contributed by atoms with Gasteiger partial charge in [-0.1, -0.05) is 12.1 Å². The molecule has 19 heavy (non-hydrogen) atoms. The van der Waals surface area contributed by atoms with Gasteiger partial charge in [0.2, 0.25) is 0 Å². The molecule has 1 aromatic heterocycles. The number of hydrogen-bond acceptors (Lipinski definition) is 3. The summed E-state index contributed by atoms with van der Waals surface area (Å²) in [6.07, 6.45) is 3.58. The summed E-state index contributed by atoms with van der Waals surface area (Å²) in [6, 6.07) is 8.48. The Labute approximate surface area is 110 Å². The van der Waals surface area contributed by atoms with E-state index in [4.69, 9.17) is 5.11 Å². The number of carbonyl (C=O) groups is 1. The van der Waals surface area contributed by atoms with Crippen LogP contribution < -0.4 is 0 Å². The second-order valence-electron chi connectivity index (χ2n) is 4.72. The van der Waals surface area contributed by atoms with E-state index in [0.29, 0.717) is 0 Å². The molecule has 96 valence electrons. The quantitative estimate of drug-likeness (QED) is 0.865. The first-order chi connectivity index (χ1) is 9.16. The maximum atomic E-state index is 10.9. The van der Waals surface area contributed by atoms with E-state index < -0.39 is 5.97 Å². The van der Waals surface area contributed by atoms with E-state index in [9.17, 15) is 9.90 Å². The van der Waals surface area contributed by atoms with E-state index in [1.165, 1.54) is 17.7 Å². The second-order valence-corrected chi connectivity index (χ2v) is 4.72. The third-order valence-corrected chi connectivity index (χ3v) is 3.61. The lowest BCUT2D eigenvalue weighted by molar-refractivity contribution is 0.0696. The molecule has 1 atom stereocenters. The number of phenolic OH excluding ortho intramolecular Hbond substituents is 1. The zero-order valence-corrected chi connectivity index (χ0v) is 10.2. The number of carboxylic acid groups (broad SMARTS) is 1. The number of nitrogens with zero attached hydrogens (tertiary/aromatic N) is 1. The minimum Gasteiger partial charge on any atom is -0.508 e. The molecule has 0 saturated heterocycles. The van der Waals surface area contributed by atoms with Crippen molar-refractivity contribution >= 4 is 5.97 Å². The molecule has 4 nitrogen and oxygen atoms in total. The highest BCUT2D eigenvalue weighted by Gasteiger charge is 2.27. The number of phenols is 1. The van der Waals surface area contributed by atoms with Crippen molar-refractivity contribution in [2.45, 2.75) is 18.8 Å². The van der Waals surface area contributed by atoms with Crippen LogP contribution in [0, 0.1) is 0 Å². The topological polar surface area (TPSA) is 70.4 Å². The van der Waals surface area contributed by atoms with Gasteiger partial charge in [-0.3, -0.25) is 4.98 Å². The Hall–Kier alpha value is -2.36. The number of aryl methyl sites for hydroxylation is 1. The van der Waals surface area contributed by atoms with Crippen LogP contribution in [0.2, 0.25) is 0 Å². The second kappa shape index (κ2) is 4.39. The van der Waals surface area contributed by atoms with Gasteiger partial charge < -0.3 is 10.2 Å². The molecule has 0 amide bonds. The Kier molecular flexibility index (Phi) is 2.71. The molecule has 0 spiro atoms. The third kappa shape index (κ3) is 1.95. The first kappa shape index (κ1) is 11.7. The molecule has 1 heterocycles. The average molecular weight is 255 g/mol. The van der Waals surface area contributed by atoms with Gasteiger partial charge in [0, 0.05) is 17.7 Å². The molecule has 0 bridgehead atoms. The van der Waals surface area contributed by atoms with Crippen molar-refractivity contribution in [3.63, 3.8) is 0 Å². The summed E-state index contributed by atoms with van der Waals surface area (Å²) in [7, 11) is 0. The summed E-state index contributed by atoms with van der Waals surface area (Å²) in [6.45, 7) is 0. The molecule has 0 aliphatic heterocycles. The van der Waals surface area contributed by atoms with Gasteiger partial charge in [-0.25, -0.2) is 4.79 Å². The maximum absolute atomic E-state index is 10.9. The van der Waals surface area contributed by atoms with Crippen LogP contribution in [0.5, 0.6) is 5.75 Å². The first-order valence-corrected chi connectivity index (χ1v) is 6.17. The molecule has 3 rings (SSSR count). The van der Waals surface area contributed by atoms with Crippen molar-refractivity contribution in [3.05, 3.63) is 58.9 Å². The fourth-order valence-corrected chi connectivity index (χ4v) is 2.69. The van der Waals surface area contributed by atoms with Crippen LogP contribution in [0.4, 0.5) is 0 Å². The number of aromatic carboxylic acids is 1. The Morgan fingerprint density at radius 2 is 2.16 bits per heavy atom. The summed E-state index contributed by atoms with van der Waals surface area (Å²) >= 11 is 0. The monoisotopic (exact) mass is 255 g/mol. The zero-order valence-electron chi connectivity index (χ0n) is 10.2. The highest BCUT2D eigenvalue weighted by Crippen LogP contribution is 2.40. The van der Waals surface area contributed by atoms with Crippen molar-refractivity contribution in [1.82, 2.24) is 4.98 Å². The van der Waals surface area contributed by atoms with Gasteiger partial charge in [-0.15, -0.1) is 0 Å². The van der Waals surface area contributed by atoms with Crippen molar-refractivity contribution in [2.24, 2.45) is 0 Å². The minimum absolute atomic E-state index is 0.0309. The van der Waals surface area contributed by atoms with Crippen molar-refractivity contribution in [2.75, 3.05) is 0 Å². The zero-order chi connectivity index (χ0) is 13.4. The predicted molar refractivity (Wildman–Crippen MR) is 69.5 cm³/mol. The molecule has 1 aromatic carbocycles. The Balaban J connectivity index is 2.03. The van der Waals surface area contributed by atoms with Crippen molar-refractivity contribution < 1.29 is 15.0 Å². The van der Waals surface area contributed by atoms with E-state index in [1.54, 1.807) is 12.3 Å². The van der Waals surface area contributed by atoms with Gasteiger partial charge in [0.1, 0.15) is 5.75 Å². The average Bonchev–Trinajstić information content (AvgIpc) is 2.82. The number of hydrogen-bond donors (Lipinski definition) is 2. The first-order valence-electron chi connectivity index (χ1n) is 6.17.